The number of halogens is 3. The topological polar surface area (TPSA) is 80.0 Å². The van der Waals surface area contributed by atoms with E-state index in [4.69, 9.17) is 0 Å². The molecule has 1 aromatic heterocycles. The molecule has 0 saturated heterocycles. The predicted molar refractivity (Wildman–Crippen MR) is 102 cm³/mol. The van der Waals surface area contributed by atoms with Crippen molar-refractivity contribution in [2.24, 2.45) is 0 Å². The van der Waals surface area contributed by atoms with Gasteiger partial charge in [-0.15, -0.1) is 10.2 Å². The summed E-state index contributed by atoms with van der Waals surface area (Å²) in [7, 11) is 0. The van der Waals surface area contributed by atoms with Gasteiger partial charge >= 0.3 is 6.09 Å². The van der Waals surface area contributed by atoms with Gasteiger partial charge < -0.3 is 15.0 Å². The van der Waals surface area contributed by atoms with Gasteiger partial charge in [0.2, 0.25) is 0 Å². The van der Waals surface area contributed by atoms with Gasteiger partial charge in [0.15, 0.2) is 17.5 Å². The van der Waals surface area contributed by atoms with Crippen LogP contribution >= 0.6 is 0 Å². The third kappa shape index (κ3) is 4.00. The second-order valence-corrected chi connectivity index (χ2v) is 7.26. The summed E-state index contributed by atoms with van der Waals surface area (Å²) in [5, 5.41) is 20.0. The van der Waals surface area contributed by atoms with Gasteiger partial charge in [0, 0.05) is 30.6 Å². The zero-order valence-corrected chi connectivity index (χ0v) is 15.9. The van der Waals surface area contributed by atoms with E-state index >= 15 is 0 Å². The van der Waals surface area contributed by atoms with E-state index in [1.165, 1.54) is 5.56 Å². The Balaban J connectivity index is 1.63. The summed E-state index contributed by atoms with van der Waals surface area (Å²) in [4.78, 5) is 11.3. The first-order chi connectivity index (χ1) is 14.4. The van der Waals surface area contributed by atoms with E-state index in [0.29, 0.717) is 24.3 Å². The number of carbonyl (C=O) groups is 1. The van der Waals surface area contributed by atoms with Crippen LogP contribution in [0.2, 0.25) is 0 Å². The Morgan fingerprint density at radius 1 is 1.10 bits per heavy atom. The van der Waals surface area contributed by atoms with Gasteiger partial charge in [-0.3, -0.25) is 0 Å². The van der Waals surface area contributed by atoms with Gasteiger partial charge in [-0.05, 0) is 36.5 Å². The normalized spacial score (nSPS) is 13.8. The van der Waals surface area contributed by atoms with Crippen molar-refractivity contribution in [2.75, 3.05) is 0 Å². The van der Waals surface area contributed by atoms with Crippen molar-refractivity contribution < 1.29 is 23.1 Å². The molecular formula is C21H19F3N4O2. The Morgan fingerprint density at radius 3 is 2.67 bits per heavy atom. The number of rotatable bonds is 5. The molecule has 4 rings (SSSR count). The van der Waals surface area contributed by atoms with Crippen LogP contribution in [0.5, 0.6) is 0 Å². The largest absolute Gasteiger partial charge is 0.465 e. The number of aromatic nitrogens is 3. The van der Waals surface area contributed by atoms with Crippen LogP contribution in [0.25, 0.3) is 11.4 Å². The average Bonchev–Trinajstić information content (AvgIpc) is 2.98. The maximum atomic E-state index is 14.1. The van der Waals surface area contributed by atoms with E-state index in [1.807, 2.05) is 28.8 Å². The summed E-state index contributed by atoms with van der Waals surface area (Å²) in [6.45, 7) is 0.658. The molecule has 0 unspecified atom stereocenters. The highest BCUT2D eigenvalue weighted by atomic mass is 19.2. The third-order valence-corrected chi connectivity index (χ3v) is 5.23. The molecule has 2 heterocycles. The van der Waals surface area contributed by atoms with Crippen molar-refractivity contribution in [2.45, 2.75) is 38.3 Å². The predicted octanol–water partition coefficient (Wildman–Crippen LogP) is 3.73. The number of hydrogen-bond donors (Lipinski definition) is 2. The fourth-order valence-electron chi connectivity index (χ4n) is 3.86. The quantitative estimate of drug-likeness (QED) is 0.621. The molecule has 9 heteroatoms. The molecule has 2 aromatic carbocycles. The number of fused-ring (bicyclic) bond motifs is 3. The Hall–Kier alpha value is -3.36. The van der Waals surface area contributed by atoms with Crippen molar-refractivity contribution in [3.63, 3.8) is 0 Å². The van der Waals surface area contributed by atoms with Gasteiger partial charge in [-0.2, -0.15) is 0 Å². The Bertz CT molecular complexity index is 1100. The molecule has 0 fully saturated rings. The van der Waals surface area contributed by atoms with Crippen molar-refractivity contribution in [1.82, 2.24) is 20.1 Å². The molecule has 6 nitrogen and oxygen atoms in total. The smallest absolute Gasteiger partial charge is 0.404 e. The fourth-order valence-corrected chi connectivity index (χ4v) is 3.86. The number of benzene rings is 2. The van der Waals surface area contributed by atoms with E-state index in [9.17, 15) is 23.1 Å². The Labute approximate surface area is 170 Å². The van der Waals surface area contributed by atoms with E-state index in [0.717, 1.165) is 24.5 Å². The van der Waals surface area contributed by atoms with E-state index in [-0.39, 0.29) is 18.4 Å². The lowest BCUT2D eigenvalue weighted by molar-refractivity contribution is 0.189. The van der Waals surface area contributed by atoms with Crippen LogP contribution in [0.1, 0.15) is 23.4 Å². The van der Waals surface area contributed by atoms with Crippen molar-refractivity contribution in [1.29, 1.82) is 0 Å². The van der Waals surface area contributed by atoms with Gasteiger partial charge in [0.05, 0.1) is 0 Å². The molecular weight excluding hydrogens is 397 g/mol. The summed E-state index contributed by atoms with van der Waals surface area (Å²) >= 11 is 0. The van der Waals surface area contributed by atoms with Crippen LogP contribution in [0.15, 0.2) is 36.4 Å². The zero-order valence-electron chi connectivity index (χ0n) is 15.9. The number of carboxylic acid groups (broad SMARTS) is 1. The standard InChI is InChI=1S/C21H19F3N4O2/c22-16-11-18(24)17(23)9-13(16)8-14(25-21(29)30)10-19-26-27-20-15-6-2-1-4-12(15)5-3-7-28(19)20/h1-2,4,6,9,11,14,25H,3,5,7-8,10H2,(H,29,30)/t14-/m1/s1. The number of nitrogens with one attached hydrogen (secondary N) is 1. The number of nitrogens with zero attached hydrogens (tertiary/aromatic N) is 3. The molecule has 1 aliphatic heterocycles. The second-order valence-electron chi connectivity index (χ2n) is 7.26. The molecule has 1 amide bonds. The highest BCUT2D eigenvalue weighted by Gasteiger charge is 2.24. The molecule has 0 saturated carbocycles. The minimum atomic E-state index is -1.30. The molecule has 1 atom stereocenters. The number of hydrogen-bond acceptors (Lipinski definition) is 3. The molecule has 3 aromatic rings. The molecule has 156 valence electrons. The summed E-state index contributed by atoms with van der Waals surface area (Å²) < 4.78 is 42.8. The SMILES string of the molecule is O=C(O)N[C@H](Cc1cc(F)c(F)cc1F)Cc1nnc2n1CCCc1ccccc1-2. The molecule has 0 spiro atoms. The van der Waals surface area contributed by atoms with Gasteiger partial charge in [-0.1, -0.05) is 24.3 Å². The van der Waals surface area contributed by atoms with Crippen LogP contribution in [0, 0.1) is 17.5 Å². The first-order valence-electron chi connectivity index (χ1n) is 9.55. The third-order valence-electron chi connectivity index (χ3n) is 5.23. The monoisotopic (exact) mass is 416 g/mol. The van der Waals surface area contributed by atoms with E-state index in [1.54, 1.807) is 0 Å². The van der Waals surface area contributed by atoms with Crippen LogP contribution < -0.4 is 5.32 Å². The first kappa shape index (κ1) is 19.9. The van der Waals surface area contributed by atoms with Crippen molar-refractivity contribution >= 4 is 6.09 Å². The summed E-state index contributed by atoms with van der Waals surface area (Å²) in [6, 6.07) is 8.31. The molecule has 0 radical (unpaired) electrons. The maximum absolute atomic E-state index is 14.1. The molecule has 1 aliphatic rings. The molecule has 30 heavy (non-hydrogen) atoms. The van der Waals surface area contributed by atoms with Crippen LogP contribution in [0.3, 0.4) is 0 Å². The minimum Gasteiger partial charge on any atom is -0.465 e. The Kier molecular flexibility index (Phi) is 5.43. The highest BCUT2D eigenvalue weighted by molar-refractivity contribution is 5.65. The van der Waals surface area contributed by atoms with Crippen molar-refractivity contribution in [3.8, 4) is 11.4 Å². The van der Waals surface area contributed by atoms with Gasteiger partial charge in [0.25, 0.3) is 0 Å². The highest BCUT2D eigenvalue weighted by Crippen LogP contribution is 2.28. The van der Waals surface area contributed by atoms with E-state index < -0.39 is 29.6 Å². The van der Waals surface area contributed by atoms with Gasteiger partial charge in [-0.25, -0.2) is 18.0 Å². The van der Waals surface area contributed by atoms with Gasteiger partial charge in [0.1, 0.15) is 11.6 Å². The Morgan fingerprint density at radius 2 is 1.87 bits per heavy atom. The second kappa shape index (κ2) is 8.17. The van der Waals surface area contributed by atoms with Crippen molar-refractivity contribution in [3.05, 3.63) is 70.8 Å². The molecule has 0 bridgehead atoms. The summed E-state index contributed by atoms with van der Waals surface area (Å²) in [5.74, 6) is -2.16. The zero-order chi connectivity index (χ0) is 21.3. The van der Waals surface area contributed by atoms with E-state index in [2.05, 4.69) is 15.5 Å². The minimum absolute atomic E-state index is 0.117. The lowest BCUT2D eigenvalue weighted by atomic mass is 10.0. The molecule has 2 N–H and O–H groups in total. The molecule has 0 aliphatic carbocycles. The average molecular weight is 416 g/mol. The number of amides is 1. The lowest BCUT2D eigenvalue weighted by Crippen LogP contribution is -2.38. The number of aryl methyl sites for hydroxylation is 1. The van der Waals surface area contributed by atoms with Crippen LogP contribution in [-0.2, 0) is 25.8 Å². The lowest BCUT2D eigenvalue weighted by Gasteiger charge is -2.18. The first-order valence-corrected chi connectivity index (χ1v) is 9.55. The summed E-state index contributed by atoms with van der Waals surface area (Å²) in [6.07, 6.45) is 0.414. The van der Waals surface area contributed by atoms with Crippen LogP contribution in [0.4, 0.5) is 18.0 Å². The maximum Gasteiger partial charge on any atom is 0.404 e. The fraction of sp³-hybridized carbons (Fsp3) is 0.286. The summed E-state index contributed by atoms with van der Waals surface area (Å²) in [5.41, 5.74) is 2.02. The van der Waals surface area contributed by atoms with Crippen LogP contribution in [-0.4, -0.2) is 32.0 Å².